The standard InChI is InChI=1S/C24H18N2O6/c1-30-17-8-3-2-6-15(17)22(27)20-21(16-7-4-5-11-25-16)26(24(29)23(20)28)14-9-10-18-19(12-14)32-13-31-18/h2-12,21,27H,13H2,1H3/b22-20+. The van der Waals surface area contributed by atoms with E-state index in [1.165, 1.54) is 12.0 Å². The first-order valence-corrected chi connectivity index (χ1v) is 9.85. The lowest BCUT2D eigenvalue weighted by Gasteiger charge is -2.24. The van der Waals surface area contributed by atoms with Crippen LogP contribution in [-0.4, -0.2) is 35.7 Å². The van der Waals surface area contributed by atoms with Gasteiger partial charge in [-0.25, -0.2) is 0 Å². The maximum atomic E-state index is 13.2. The fraction of sp³-hybridized carbons (Fsp3) is 0.125. The van der Waals surface area contributed by atoms with E-state index in [4.69, 9.17) is 14.2 Å². The van der Waals surface area contributed by atoms with Gasteiger partial charge in [-0.2, -0.15) is 0 Å². The molecular weight excluding hydrogens is 412 g/mol. The van der Waals surface area contributed by atoms with Crippen molar-refractivity contribution in [1.82, 2.24) is 4.98 Å². The summed E-state index contributed by atoms with van der Waals surface area (Å²) < 4.78 is 16.1. The molecule has 2 aliphatic heterocycles. The molecule has 1 atom stereocenters. The molecule has 1 saturated heterocycles. The highest BCUT2D eigenvalue weighted by Gasteiger charge is 2.48. The Morgan fingerprint density at radius 1 is 1.06 bits per heavy atom. The molecule has 0 bridgehead atoms. The molecule has 1 fully saturated rings. The molecule has 160 valence electrons. The van der Waals surface area contributed by atoms with Crippen LogP contribution >= 0.6 is 0 Å². The van der Waals surface area contributed by atoms with E-state index in [0.717, 1.165) is 0 Å². The molecular formula is C24H18N2O6. The Morgan fingerprint density at radius 2 is 1.84 bits per heavy atom. The minimum Gasteiger partial charge on any atom is -0.507 e. The highest BCUT2D eigenvalue weighted by Crippen LogP contribution is 2.45. The third-order valence-corrected chi connectivity index (χ3v) is 5.41. The van der Waals surface area contributed by atoms with Crippen molar-refractivity contribution in [3.05, 3.63) is 83.7 Å². The normalized spacial score (nSPS) is 18.8. The number of methoxy groups -OCH3 is 1. The molecule has 2 aromatic carbocycles. The molecule has 32 heavy (non-hydrogen) atoms. The first kappa shape index (κ1) is 19.6. The molecule has 0 radical (unpaired) electrons. The molecule has 5 rings (SSSR count). The zero-order valence-electron chi connectivity index (χ0n) is 17.0. The van der Waals surface area contributed by atoms with E-state index < -0.39 is 17.7 Å². The van der Waals surface area contributed by atoms with Crippen LogP contribution in [0.5, 0.6) is 17.2 Å². The fourth-order valence-corrected chi connectivity index (χ4v) is 3.94. The summed E-state index contributed by atoms with van der Waals surface area (Å²) in [6.45, 7) is 0.0784. The van der Waals surface area contributed by atoms with Crippen LogP contribution in [0.2, 0.25) is 0 Å². The summed E-state index contributed by atoms with van der Waals surface area (Å²) in [5.74, 6) is -0.543. The molecule has 1 aromatic heterocycles. The van der Waals surface area contributed by atoms with Gasteiger partial charge in [0.25, 0.3) is 11.7 Å². The van der Waals surface area contributed by atoms with Crippen molar-refractivity contribution in [2.75, 3.05) is 18.8 Å². The summed E-state index contributed by atoms with van der Waals surface area (Å²) in [6.07, 6.45) is 1.57. The molecule has 3 aromatic rings. The summed E-state index contributed by atoms with van der Waals surface area (Å²) in [4.78, 5) is 32.1. The van der Waals surface area contributed by atoms with Crippen LogP contribution in [0.1, 0.15) is 17.3 Å². The monoisotopic (exact) mass is 430 g/mol. The van der Waals surface area contributed by atoms with Crippen LogP contribution in [0, 0.1) is 0 Å². The topological polar surface area (TPSA) is 98.2 Å². The summed E-state index contributed by atoms with van der Waals surface area (Å²) >= 11 is 0. The van der Waals surface area contributed by atoms with Crippen molar-refractivity contribution in [3.8, 4) is 17.2 Å². The number of hydrogen-bond acceptors (Lipinski definition) is 7. The molecule has 0 spiro atoms. The van der Waals surface area contributed by atoms with Crippen LogP contribution < -0.4 is 19.1 Å². The Labute approximate surface area is 183 Å². The number of nitrogens with zero attached hydrogens (tertiary/aromatic N) is 2. The predicted octanol–water partition coefficient (Wildman–Crippen LogP) is 3.45. The quantitative estimate of drug-likeness (QED) is 0.385. The lowest BCUT2D eigenvalue weighted by Crippen LogP contribution is -2.29. The number of aliphatic hydroxyl groups excluding tert-OH is 1. The number of ketones is 1. The smallest absolute Gasteiger partial charge is 0.300 e. The van der Waals surface area contributed by atoms with Gasteiger partial charge in [-0.15, -0.1) is 0 Å². The molecule has 1 amide bonds. The number of benzene rings is 2. The van der Waals surface area contributed by atoms with E-state index in [1.807, 2.05) is 0 Å². The van der Waals surface area contributed by atoms with E-state index in [9.17, 15) is 14.7 Å². The zero-order valence-corrected chi connectivity index (χ0v) is 17.0. The molecule has 1 unspecified atom stereocenters. The second kappa shape index (κ2) is 7.73. The predicted molar refractivity (Wildman–Crippen MR) is 115 cm³/mol. The van der Waals surface area contributed by atoms with Gasteiger partial charge >= 0.3 is 0 Å². The molecule has 3 heterocycles. The summed E-state index contributed by atoms with van der Waals surface area (Å²) in [7, 11) is 1.47. The fourth-order valence-electron chi connectivity index (χ4n) is 3.94. The number of aromatic nitrogens is 1. The Balaban J connectivity index is 1.72. The van der Waals surface area contributed by atoms with Gasteiger partial charge in [0, 0.05) is 18.0 Å². The molecule has 0 saturated carbocycles. The number of hydrogen-bond donors (Lipinski definition) is 1. The number of Topliss-reactive ketones (excluding diaryl/α,β-unsaturated/α-hetero) is 1. The van der Waals surface area contributed by atoms with Gasteiger partial charge in [0.1, 0.15) is 17.6 Å². The molecule has 8 nitrogen and oxygen atoms in total. The Kier molecular flexibility index (Phi) is 4.74. The van der Waals surface area contributed by atoms with Crippen molar-refractivity contribution < 1.29 is 28.9 Å². The molecule has 0 aliphatic carbocycles. The Bertz CT molecular complexity index is 1250. The number of fused-ring (bicyclic) bond motifs is 1. The number of pyridine rings is 1. The number of anilines is 1. The van der Waals surface area contributed by atoms with Crippen LogP contribution in [0.15, 0.2) is 72.4 Å². The lowest BCUT2D eigenvalue weighted by molar-refractivity contribution is -0.132. The number of aliphatic hydroxyl groups is 1. The highest BCUT2D eigenvalue weighted by atomic mass is 16.7. The van der Waals surface area contributed by atoms with Gasteiger partial charge in [0.05, 0.1) is 23.9 Å². The lowest BCUT2D eigenvalue weighted by atomic mass is 9.97. The van der Waals surface area contributed by atoms with E-state index in [1.54, 1.807) is 66.9 Å². The van der Waals surface area contributed by atoms with Crippen molar-refractivity contribution in [2.45, 2.75) is 6.04 Å². The van der Waals surface area contributed by atoms with E-state index in [0.29, 0.717) is 34.2 Å². The van der Waals surface area contributed by atoms with Gasteiger partial charge < -0.3 is 19.3 Å². The first-order valence-electron chi connectivity index (χ1n) is 9.85. The number of carbonyl (C=O) groups excluding carboxylic acids is 2. The Morgan fingerprint density at radius 3 is 2.62 bits per heavy atom. The van der Waals surface area contributed by atoms with Crippen LogP contribution in [0.3, 0.4) is 0 Å². The average molecular weight is 430 g/mol. The van der Waals surface area contributed by atoms with Gasteiger partial charge in [0.2, 0.25) is 6.79 Å². The van der Waals surface area contributed by atoms with Crippen LogP contribution in [0.25, 0.3) is 5.76 Å². The summed E-state index contributed by atoms with van der Waals surface area (Å²) in [6, 6.07) is 16.0. The van der Waals surface area contributed by atoms with Crippen molar-refractivity contribution in [3.63, 3.8) is 0 Å². The van der Waals surface area contributed by atoms with Crippen molar-refractivity contribution in [1.29, 1.82) is 0 Å². The van der Waals surface area contributed by atoms with Crippen molar-refractivity contribution >= 4 is 23.1 Å². The van der Waals surface area contributed by atoms with Crippen molar-refractivity contribution in [2.24, 2.45) is 0 Å². The van der Waals surface area contributed by atoms with E-state index in [-0.39, 0.29) is 18.1 Å². The van der Waals surface area contributed by atoms with Crippen LogP contribution in [0.4, 0.5) is 5.69 Å². The first-order chi connectivity index (χ1) is 15.6. The third-order valence-electron chi connectivity index (χ3n) is 5.41. The second-order valence-corrected chi connectivity index (χ2v) is 7.16. The summed E-state index contributed by atoms with van der Waals surface area (Å²) in [5.41, 5.74) is 1.09. The molecule has 1 N–H and O–H groups in total. The van der Waals surface area contributed by atoms with Gasteiger partial charge in [-0.1, -0.05) is 18.2 Å². The van der Waals surface area contributed by atoms with E-state index in [2.05, 4.69) is 4.98 Å². The molecule has 2 aliphatic rings. The molecule has 8 heteroatoms. The number of amides is 1. The van der Waals surface area contributed by atoms with Gasteiger partial charge in [-0.3, -0.25) is 19.5 Å². The maximum Gasteiger partial charge on any atom is 0.300 e. The average Bonchev–Trinajstić information content (AvgIpc) is 3.41. The zero-order chi connectivity index (χ0) is 22.2. The van der Waals surface area contributed by atoms with E-state index >= 15 is 0 Å². The minimum absolute atomic E-state index is 0.0733. The highest BCUT2D eigenvalue weighted by molar-refractivity contribution is 6.51. The third kappa shape index (κ3) is 3.04. The van der Waals surface area contributed by atoms with Gasteiger partial charge in [-0.05, 0) is 36.4 Å². The number of carbonyl (C=O) groups is 2. The SMILES string of the molecule is COc1ccccc1/C(O)=C1\C(=O)C(=O)N(c2ccc3c(c2)OCO3)C1c1ccccn1. The second-order valence-electron chi connectivity index (χ2n) is 7.16. The van der Waals surface area contributed by atoms with Gasteiger partial charge in [0.15, 0.2) is 11.5 Å². The maximum absolute atomic E-state index is 13.2. The number of ether oxygens (including phenoxy) is 3. The number of para-hydroxylation sites is 1. The largest absolute Gasteiger partial charge is 0.507 e. The van der Waals surface area contributed by atoms with Crippen LogP contribution in [-0.2, 0) is 9.59 Å². The minimum atomic E-state index is -0.943. The number of rotatable bonds is 4. The summed E-state index contributed by atoms with van der Waals surface area (Å²) in [5, 5.41) is 11.2. The Hall–Kier alpha value is -4.33.